The summed E-state index contributed by atoms with van der Waals surface area (Å²) in [5, 5.41) is 9.75. The smallest absolute Gasteiger partial charge is 0.292 e. The molecule has 3 aromatic heterocycles. The number of benzene rings is 1. The number of halogens is 1. The first kappa shape index (κ1) is 16.1. The molecule has 4 aromatic rings. The third-order valence-electron chi connectivity index (χ3n) is 3.82. The number of pyridine rings is 1. The van der Waals surface area contributed by atoms with Crippen LogP contribution in [0.3, 0.4) is 0 Å². The van der Waals surface area contributed by atoms with E-state index in [4.69, 9.17) is 16.3 Å². The van der Waals surface area contributed by atoms with Crippen LogP contribution in [0.4, 0.5) is 0 Å². The maximum absolute atomic E-state index is 12.9. The van der Waals surface area contributed by atoms with Crippen LogP contribution < -0.4 is 5.56 Å². The summed E-state index contributed by atoms with van der Waals surface area (Å²) in [5.41, 5.74) is 2.71. The van der Waals surface area contributed by atoms with Crippen molar-refractivity contribution in [3.63, 3.8) is 0 Å². The molecule has 0 spiro atoms. The summed E-state index contributed by atoms with van der Waals surface area (Å²) >= 11 is 7.34. The molecule has 0 saturated carbocycles. The Morgan fingerprint density at radius 3 is 2.92 bits per heavy atom. The molecule has 0 aliphatic carbocycles. The molecule has 0 N–H and O–H groups in total. The number of nitrogens with zero attached hydrogens (tertiary/aromatic N) is 4. The number of hydrogen-bond acceptors (Lipinski definition) is 6. The van der Waals surface area contributed by atoms with Crippen LogP contribution in [0.25, 0.3) is 26.1 Å². The molecule has 0 atom stereocenters. The van der Waals surface area contributed by atoms with E-state index < -0.39 is 0 Å². The Morgan fingerprint density at radius 2 is 2.16 bits per heavy atom. The molecule has 0 fully saturated rings. The lowest BCUT2D eigenvalue weighted by molar-refractivity contribution is 0.186. The molecule has 0 amide bonds. The highest BCUT2D eigenvalue weighted by Gasteiger charge is 2.18. The predicted octanol–water partition coefficient (Wildman–Crippen LogP) is 3.50. The van der Waals surface area contributed by atoms with Crippen molar-refractivity contribution in [2.75, 3.05) is 7.11 Å². The molecule has 0 saturated heterocycles. The highest BCUT2D eigenvalue weighted by molar-refractivity contribution is 7.25. The van der Waals surface area contributed by atoms with Crippen LogP contribution in [0.1, 0.15) is 11.3 Å². The highest BCUT2D eigenvalue weighted by Crippen LogP contribution is 2.32. The minimum Gasteiger partial charge on any atom is -0.380 e. The molecule has 4 rings (SSSR count). The van der Waals surface area contributed by atoms with Gasteiger partial charge >= 0.3 is 0 Å². The summed E-state index contributed by atoms with van der Waals surface area (Å²) in [6.07, 6.45) is 0. The zero-order chi connectivity index (χ0) is 17.6. The average Bonchev–Trinajstić information content (AvgIpc) is 2.94. The largest absolute Gasteiger partial charge is 0.380 e. The summed E-state index contributed by atoms with van der Waals surface area (Å²) in [6, 6.07) is 8.89. The first-order valence-corrected chi connectivity index (χ1v) is 8.71. The van der Waals surface area contributed by atoms with E-state index in [1.807, 2.05) is 13.0 Å². The molecule has 0 bridgehead atoms. The van der Waals surface area contributed by atoms with Gasteiger partial charge in [0.1, 0.15) is 15.0 Å². The maximum Gasteiger partial charge on any atom is 0.292 e. The van der Waals surface area contributed by atoms with Gasteiger partial charge in [-0.05, 0) is 36.8 Å². The molecule has 0 unspecified atom stereocenters. The number of thiophene rings is 1. The van der Waals surface area contributed by atoms with Crippen LogP contribution in [-0.2, 0) is 11.3 Å². The van der Waals surface area contributed by atoms with Crippen LogP contribution in [0.15, 0.2) is 35.1 Å². The van der Waals surface area contributed by atoms with E-state index in [-0.39, 0.29) is 5.56 Å². The molecule has 0 aliphatic heterocycles. The lowest BCUT2D eigenvalue weighted by atomic mass is 10.1. The zero-order valence-electron chi connectivity index (χ0n) is 13.5. The van der Waals surface area contributed by atoms with Gasteiger partial charge in [0.15, 0.2) is 0 Å². The van der Waals surface area contributed by atoms with Gasteiger partial charge < -0.3 is 4.74 Å². The third kappa shape index (κ3) is 2.70. The summed E-state index contributed by atoms with van der Waals surface area (Å²) in [4.78, 5) is 18.2. The minimum atomic E-state index is -0.240. The fourth-order valence-corrected chi connectivity index (χ4v) is 4.12. The lowest BCUT2D eigenvalue weighted by Crippen LogP contribution is -2.21. The molecule has 0 aliphatic rings. The topological polar surface area (TPSA) is 69.9 Å². The van der Waals surface area contributed by atoms with Crippen LogP contribution in [0.5, 0.6) is 0 Å². The monoisotopic (exact) mass is 372 g/mol. The Labute approximate surface area is 151 Å². The number of aryl methyl sites for hydroxylation is 1. The van der Waals surface area contributed by atoms with Crippen molar-refractivity contribution in [3.05, 3.63) is 57.0 Å². The average molecular weight is 373 g/mol. The van der Waals surface area contributed by atoms with Gasteiger partial charge in [0.25, 0.3) is 5.56 Å². The number of methoxy groups -OCH3 is 1. The number of aromatic nitrogens is 4. The Kier molecular flexibility index (Phi) is 3.99. The van der Waals surface area contributed by atoms with E-state index in [1.165, 1.54) is 16.0 Å². The predicted molar refractivity (Wildman–Crippen MR) is 98.8 cm³/mol. The third-order valence-corrected chi connectivity index (χ3v) is 5.12. The molecular weight excluding hydrogens is 360 g/mol. The summed E-state index contributed by atoms with van der Waals surface area (Å²) in [7, 11) is 1.63. The van der Waals surface area contributed by atoms with Crippen molar-refractivity contribution in [1.82, 2.24) is 20.0 Å². The standard InChI is InChI=1S/C17H13ClN4O2S/c1-9-6-10(8-24-2)13-14-15(25-16(13)19-9)17(23)22(21-20-14)12-5-3-4-11(18)7-12/h3-7H,8H2,1-2H3. The van der Waals surface area contributed by atoms with E-state index in [0.29, 0.717) is 27.5 Å². The van der Waals surface area contributed by atoms with E-state index in [2.05, 4.69) is 15.3 Å². The van der Waals surface area contributed by atoms with Crippen LogP contribution in [0, 0.1) is 6.92 Å². The number of fused-ring (bicyclic) bond motifs is 3. The van der Waals surface area contributed by atoms with E-state index in [0.717, 1.165) is 21.5 Å². The summed E-state index contributed by atoms with van der Waals surface area (Å²) < 4.78 is 7.05. The summed E-state index contributed by atoms with van der Waals surface area (Å²) in [6.45, 7) is 2.34. The van der Waals surface area contributed by atoms with Crippen molar-refractivity contribution < 1.29 is 4.74 Å². The van der Waals surface area contributed by atoms with Gasteiger partial charge in [-0.1, -0.05) is 22.9 Å². The first-order chi connectivity index (χ1) is 12.1. The molecular formula is C17H13ClN4O2S. The molecule has 6 nitrogen and oxygen atoms in total. The van der Waals surface area contributed by atoms with Gasteiger partial charge in [-0.2, -0.15) is 4.68 Å². The van der Waals surface area contributed by atoms with Crippen molar-refractivity contribution in [2.24, 2.45) is 0 Å². The number of hydrogen-bond donors (Lipinski definition) is 0. The van der Waals surface area contributed by atoms with Gasteiger partial charge in [0.2, 0.25) is 0 Å². The van der Waals surface area contributed by atoms with E-state index in [9.17, 15) is 4.79 Å². The second-order valence-electron chi connectivity index (χ2n) is 5.60. The number of rotatable bonds is 3. The van der Waals surface area contributed by atoms with E-state index in [1.54, 1.807) is 31.4 Å². The quantitative estimate of drug-likeness (QED) is 0.550. The van der Waals surface area contributed by atoms with Gasteiger partial charge in [0, 0.05) is 23.2 Å². The zero-order valence-corrected chi connectivity index (χ0v) is 15.1. The van der Waals surface area contributed by atoms with Crippen LogP contribution >= 0.6 is 22.9 Å². The fraction of sp³-hybridized carbons (Fsp3) is 0.176. The molecule has 3 heterocycles. The van der Waals surface area contributed by atoms with Crippen molar-refractivity contribution >= 4 is 43.4 Å². The van der Waals surface area contributed by atoms with Gasteiger partial charge in [-0.3, -0.25) is 4.79 Å². The van der Waals surface area contributed by atoms with Crippen molar-refractivity contribution in [2.45, 2.75) is 13.5 Å². The fourth-order valence-electron chi connectivity index (χ4n) is 2.81. The second-order valence-corrected chi connectivity index (χ2v) is 7.04. The van der Waals surface area contributed by atoms with Crippen LogP contribution in [-0.4, -0.2) is 27.1 Å². The Balaban J connectivity index is 2.04. The SMILES string of the molecule is COCc1cc(C)nc2sc3c(=O)n(-c4cccc(Cl)c4)nnc3c12. The normalized spacial score (nSPS) is 11.5. The molecule has 0 radical (unpaired) electrons. The Bertz CT molecular complexity index is 1170. The van der Waals surface area contributed by atoms with E-state index >= 15 is 0 Å². The van der Waals surface area contributed by atoms with Crippen LogP contribution in [0.2, 0.25) is 5.02 Å². The molecule has 8 heteroatoms. The minimum absolute atomic E-state index is 0.240. The Hall–Kier alpha value is -2.35. The van der Waals surface area contributed by atoms with Gasteiger partial charge in [-0.25, -0.2) is 4.98 Å². The highest BCUT2D eigenvalue weighted by atomic mass is 35.5. The second kappa shape index (κ2) is 6.18. The van der Waals surface area contributed by atoms with Gasteiger partial charge in [-0.15, -0.1) is 16.4 Å². The molecule has 25 heavy (non-hydrogen) atoms. The van der Waals surface area contributed by atoms with Gasteiger partial charge in [0.05, 0.1) is 12.3 Å². The lowest BCUT2D eigenvalue weighted by Gasteiger charge is -2.05. The Morgan fingerprint density at radius 1 is 1.32 bits per heavy atom. The molecule has 126 valence electrons. The maximum atomic E-state index is 12.9. The first-order valence-electron chi connectivity index (χ1n) is 7.52. The summed E-state index contributed by atoms with van der Waals surface area (Å²) in [5.74, 6) is 0. The van der Waals surface area contributed by atoms with Crippen molar-refractivity contribution in [3.8, 4) is 5.69 Å². The van der Waals surface area contributed by atoms with Crippen molar-refractivity contribution in [1.29, 1.82) is 0 Å². The number of ether oxygens (including phenoxy) is 1. The molecule has 1 aromatic carbocycles.